The Morgan fingerprint density at radius 3 is 2.36 bits per heavy atom. The Morgan fingerprint density at radius 2 is 1.72 bits per heavy atom. The molecule has 2 N–H and O–H groups in total. The van der Waals surface area contributed by atoms with Crippen LogP contribution >= 0.6 is 0 Å². The summed E-state index contributed by atoms with van der Waals surface area (Å²) < 4.78 is 0. The van der Waals surface area contributed by atoms with E-state index >= 15 is 0 Å². The summed E-state index contributed by atoms with van der Waals surface area (Å²) >= 11 is 0. The Hall–Kier alpha value is -2.53. The summed E-state index contributed by atoms with van der Waals surface area (Å²) in [6, 6.07) is 14.1. The molecular weight excluding hydrogens is 312 g/mol. The summed E-state index contributed by atoms with van der Waals surface area (Å²) in [5, 5.41) is 5.84. The minimum absolute atomic E-state index is 0.196. The summed E-state index contributed by atoms with van der Waals surface area (Å²) in [5.74, 6) is 0. The molecule has 0 atom stereocenters. The van der Waals surface area contributed by atoms with Crippen molar-refractivity contribution in [3.8, 4) is 0 Å². The minimum Gasteiger partial charge on any atom is -0.378 e. The van der Waals surface area contributed by atoms with E-state index in [0.717, 1.165) is 29.0 Å². The molecule has 5 heteroatoms. The van der Waals surface area contributed by atoms with Gasteiger partial charge >= 0.3 is 6.03 Å². The zero-order valence-corrected chi connectivity index (χ0v) is 15.8. The number of aryl methyl sites for hydroxylation is 1. The summed E-state index contributed by atoms with van der Waals surface area (Å²) in [4.78, 5) is 16.3. The number of urea groups is 1. The maximum atomic E-state index is 12.2. The number of amides is 2. The van der Waals surface area contributed by atoms with Gasteiger partial charge in [-0.25, -0.2) is 4.79 Å². The van der Waals surface area contributed by atoms with Crippen LogP contribution < -0.4 is 15.5 Å². The largest absolute Gasteiger partial charge is 0.378 e. The van der Waals surface area contributed by atoms with Crippen molar-refractivity contribution < 1.29 is 4.79 Å². The average molecular weight is 340 g/mol. The molecule has 134 valence electrons. The summed E-state index contributed by atoms with van der Waals surface area (Å²) in [5.41, 5.74) is 5.30. The number of nitrogens with zero attached hydrogens (tertiary/aromatic N) is 2. The van der Waals surface area contributed by atoms with E-state index in [0.29, 0.717) is 6.54 Å². The van der Waals surface area contributed by atoms with Crippen LogP contribution in [0, 0.1) is 6.92 Å². The van der Waals surface area contributed by atoms with Crippen LogP contribution in [-0.4, -0.2) is 39.1 Å². The summed E-state index contributed by atoms with van der Waals surface area (Å²) in [6.07, 6.45) is 0. The van der Waals surface area contributed by atoms with Crippen LogP contribution in [0.3, 0.4) is 0 Å². The van der Waals surface area contributed by atoms with E-state index in [4.69, 9.17) is 0 Å². The van der Waals surface area contributed by atoms with Crippen molar-refractivity contribution in [2.75, 3.05) is 38.4 Å². The second-order valence-corrected chi connectivity index (χ2v) is 6.76. The van der Waals surface area contributed by atoms with E-state index < -0.39 is 0 Å². The maximum absolute atomic E-state index is 12.2. The van der Waals surface area contributed by atoms with Gasteiger partial charge in [-0.1, -0.05) is 24.3 Å². The van der Waals surface area contributed by atoms with Gasteiger partial charge in [0.2, 0.25) is 0 Å². The highest BCUT2D eigenvalue weighted by atomic mass is 16.2. The highest BCUT2D eigenvalue weighted by molar-refractivity contribution is 5.90. The van der Waals surface area contributed by atoms with E-state index in [1.54, 1.807) is 0 Å². The molecule has 0 aliphatic carbocycles. The Bertz CT molecular complexity index is 725. The molecule has 0 heterocycles. The van der Waals surface area contributed by atoms with Gasteiger partial charge in [-0.15, -0.1) is 0 Å². The molecule has 0 saturated heterocycles. The topological polar surface area (TPSA) is 47.6 Å². The van der Waals surface area contributed by atoms with Gasteiger partial charge in [0.15, 0.2) is 0 Å². The van der Waals surface area contributed by atoms with Crippen molar-refractivity contribution in [1.82, 2.24) is 10.2 Å². The fraction of sp³-hybridized carbons (Fsp3) is 0.350. The first-order valence-electron chi connectivity index (χ1n) is 8.40. The van der Waals surface area contributed by atoms with E-state index in [1.165, 1.54) is 5.56 Å². The molecule has 2 amide bonds. The molecular formula is C20H28N4O. The molecule has 0 aromatic heterocycles. The maximum Gasteiger partial charge on any atom is 0.319 e. The molecule has 0 saturated carbocycles. The van der Waals surface area contributed by atoms with Gasteiger partial charge in [0, 0.05) is 38.6 Å². The third-order valence-electron chi connectivity index (χ3n) is 3.92. The lowest BCUT2D eigenvalue weighted by Crippen LogP contribution is -2.28. The number of hydrogen-bond donors (Lipinski definition) is 2. The molecule has 2 aromatic rings. The molecule has 0 radical (unpaired) electrons. The van der Waals surface area contributed by atoms with Crippen molar-refractivity contribution in [2.24, 2.45) is 0 Å². The number of benzene rings is 2. The molecule has 0 bridgehead atoms. The highest BCUT2D eigenvalue weighted by Gasteiger charge is 2.06. The summed E-state index contributed by atoms with van der Waals surface area (Å²) in [6.45, 7) is 3.38. The zero-order chi connectivity index (χ0) is 18.4. The summed E-state index contributed by atoms with van der Waals surface area (Å²) in [7, 11) is 8.09. The lowest BCUT2D eigenvalue weighted by molar-refractivity contribution is 0.251. The van der Waals surface area contributed by atoms with Crippen molar-refractivity contribution in [2.45, 2.75) is 20.0 Å². The third-order valence-corrected chi connectivity index (χ3v) is 3.92. The monoisotopic (exact) mass is 340 g/mol. The van der Waals surface area contributed by atoms with Crippen LogP contribution in [0.2, 0.25) is 0 Å². The van der Waals surface area contributed by atoms with Gasteiger partial charge in [-0.2, -0.15) is 0 Å². The van der Waals surface area contributed by atoms with Gasteiger partial charge < -0.3 is 20.4 Å². The van der Waals surface area contributed by atoms with E-state index in [1.807, 2.05) is 64.3 Å². The Kier molecular flexibility index (Phi) is 6.42. The van der Waals surface area contributed by atoms with E-state index in [9.17, 15) is 4.79 Å². The molecule has 2 aromatic carbocycles. The standard InChI is InChI=1S/C20H28N4O/c1-15-11-18(24(4)5)9-10-19(15)22-20(25)21-13-16-7-6-8-17(12-16)14-23(2)3/h6-12H,13-14H2,1-5H3,(H2,21,22,25). The Balaban J connectivity index is 1.93. The fourth-order valence-electron chi connectivity index (χ4n) is 2.62. The number of carbonyl (C=O) groups excluding carboxylic acids is 1. The Morgan fingerprint density at radius 1 is 1.00 bits per heavy atom. The molecule has 0 aliphatic heterocycles. The SMILES string of the molecule is Cc1cc(N(C)C)ccc1NC(=O)NCc1cccc(CN(C)C)c1. The second kappa shape index (κ2) is 8.53. The van der Waals surface area contributed by atoms with Crippen molar-refractivity contribution in [3.05, 3.63) is 59.2 Å². The first-order valence-corrected chi connectivity index (χ1v) is 8.40. The normalized spacial score (nSPS) is 10.6. The number of rotatable bonds is 6. The number of nitrogens with one attached hydrogen (secondary N) is 2. The first-order chi connectivity index (χ1) is 11.8. The predicted octanol–water partition coefficient (Wildman–Crippen LogP) is 3.44. The van der Waals surface area contributed by atoms with Crippen LogP contribution in [0.5, 0.6) is 0 Å². The van der Waals surface area contributed by atoms with Gasteiger partial charge in [-0.3, -0.25) is 0 Å². The van der Waals surface area contributed by atoms with Gasteiger partial charge in [0.1, 0.15) is 0 Å². The van der Waals surface area contributed by atoms with Crippen LogP contribution in [0.25, 0.3) is 0 Å². The van der Waals surface area contributed by atoms with Crippen LogP contribution in [-0.2, 0) is 13.1 Å². The third kappa shape index (κ3) is 5.80. The van der Waals surface area contributed by atoms with Gasteiger partial charge in [0.05, 0.1) is 0 Å². The molecule has 25 heavy (non-hydrogen) atoms. The van der Waals surface area contributed by atoms with Gasteiger partial charge in [0.25, 0.3) is 0 Å². The van der Waals surface area contributed by atoms with Crippen molar-refractivity contribution in [3.63, 3.8) is 0 Å². The Labute approximate surface area is 150 Å². The van der Waals surface area contributed by atoms with Crippen LogP contribution in [0.1, 0.15) is 16.7 Å². The molecule has 2 rings (SSSR count). The predicted molar refractivity (Wildman–Crippen MR) is 105 cm³/mol. The van der Waals surface area contributed by atoms with Crippen molar-refractivity contribution >= 4 is 17.4 Å². The zero-order valence-electron chi connectivity index (χ0n) is 15.8. The minimum atomic E-state index is -0.196. The smallest absolute Gasteiger partial charge is 0.319 e. The molecule has 0 unspecified atom stereocenters. The second-order valence-electron chi connectivity index (χ2n) is 6.76. The van der Waals surface area contributed by atoms with E-state index in [2.05, 4.69) is 33.7 Å². The van der Waals surface area contributed by atoms with Gasteiger partial charge in [-0.05, 0) is 55.9 Å². The lowest BCUT2D eigenvalue weighted by atomic mass is 10.1. The average Bonchev–Trinajstić information content (AvgIpc) is 2.54. The molecule has 5 nitrogen and oxygen atoms in total. The molecule has 0 aliphatic rings. The van der Waals surface area contributed by atoms with Crippen molar-refractivity contribution in [1.29, 1.82) is 0 Å². The molecule has 0 spiro atoms. The number of hydrogen-bond acceptors (Lipinski definition) is 3. The van der Waals surface area contributed by atoms with Crippen LogP contribution in [0.4, 0.5) is 16.2 Å². The van der Waals surface area contributed by atoms with E-state index in [-0.39, 0.29) is 6.03 Å². The molecule has 0 fully saturated rings. The quantitative estimate of drug-likeness (QED) is 0.847. The fourth-order valence-corrected chi connectivity index (χ4v) is 2.62. The highest BCUT2D eigenvalue weighted by Crippen LogP contribution is 2.21. The first kappa shape index (κ1) is 18.8. The number of carbonyl (C=O) groups is 1. The lowest BCUT2D eigenvalue weighted by Gasteiger charge is -2.16. The van der Waals surface area contributed by atoms with Crippen LogP contribution in [0.15, 0.2) is 42.5 Å². The number of anilines is 2.